The second-order valence-electron chi connectivity index (χ2n) is 8.07. The first-order valence-electron chi connectivity index (χ1n) is 10.8. The standard InChI is InChI=1S/C26H23N3O5S/c1-16(29-35(33,34)21-11-8-19(9-12-21)18-6-4-3-5-7-18)26(32)28-20-10-13-24-22(14-20)25(31)23(15-27-24)17(2)30/h3-16,29H,1-2H3,(H,27,31)(H,28,32)/t16-/m0/s1. The molecule has 8 nitrogen and oxygen atoms in total. The molecule has 0 aliphatic heterocycles. The van der Waals surface area contributed by atoms with Crippen LogP contribution in [0.25, 0.3) is 22.0 Å². The summed E-state index contributed by atoms with van der Waals surface area (Å²) >= 11 is 0. The highest BCUT2D eigenvalue weighted by Gasteiger charge is 2.22. The summed E-state index contributed by atoms with van der Waals surface area (Å²) in [6.07, 6.45) is 1.36. The maximum atomic E-state index is 12.8. The minimum Gasteiger partial charge on any atom is -0.360 e. The molecule has 178 valence electrons. The number of aromatic nitrogens is 1. The van der Waals surface area contributed by atoms with Gasteiger partial charge in [0.05, 0.1) is 16.5 Å². The normalized spacial score (nSPS) is 12.3. The number of sulfonamides is 1. The molecule has 0 aliphatic rings. The maximum absolute atomic E-state index is 12.8. The van der Waals surface area contributed by atoms with Crippen molar-refractivity contribution in [2.75, 3.05) is 5.32 Å². The van der Waals surface area contributed by atoms with Crippen LogP contribution >= 0.6 is 0 Å². The van der Waals surface area contributed by atoms with Crippen LogP contribution < -0.4 is 15.5 Å². The first kappa shape index (κ1) is 24.1. The van der Waals surface area contributed by atoms with Gasteiger partial charge in [-0.2, -0.15) is 4.72 Å². The molecular weight excluding hydrogens is 466 g/mol. The van der Waals surface area contributed by atoms with Gasteiger partial charge in [-0.05, 0) is 55.3 Å². The Labute approximate surface area is 202 Å². The van der Waals surface area contributed by atoms with Gasteiger partial charge in [-0.25, -0.2) is 8.42 Å². The molecule has 0 saturated heterocycles. The average Bonchev–Trinajstić information content (AvgIpc) is 2.84. The molecule has 1 heterocycles. The van der Waals surface area contributed by atoms with Crippen molar-refractivity contribution in [3.63, 3.8) is 0 Å². The molecule has 0 fully saturated rings. The Morgan fingerprint density at radius 1 is 0.914 bits per heavy atom. The summed E-state index contributed by atoms with van der Waals surface area (Å²) < 4.78 is 28.0. The van der Waals surface area contributed by atoms with E-state index in [-0.39, 0.29) is 21.6 Å². The predicted molar refractivity (Wildman–Crippen MR) is 135 cm³/mol. The first-order chi connectivity index (χ1) is 16.7. The lowest BCUT2D eigenvalue weighted by Gasteiger charge is -2.15. The van der Waals surface area contributed by atoms with Crippen molar-refractivity contribution >= 4 is 38.3 Å². The van der Waals surface area contributed by atoms with E-state index in [9.17, 15) is 22.8 Å². The zero-order valence-electron chi connectivity index (χ0n) is 19.0. The molecule has 0 aliphatic carbocycles. The number of fused-ring (bicyclic) bond motifs is 1. The van der Waals surface area contributed by atoms with Crippen molar-refractivity contribution in [1.29, 1.82) is 0 Å². The fourth-order valence-corrected chi connectivity index (χ4v) is 4.82. The lowest BCUT2D eigenvalue weighted by molar-refractivity contribution is -0.117. The number of carbonyl (C=O) groups excluding carboxylic acids is 2. The molecule has 0 radical (unpaired) electrons. The second kappa shape index (κ2) is 9.65. The van der Waals surface area contributed by atoms with Gasteiger partial charge < -0.3 is 10.3 Å². The van der Waals surface area contributed by atoms with Crippen LogP contribution in [-0.2, 0) is 14.8 Å². The molecule has 0 spiro atoms. The van der Waals surface area contributed by atoms with E-state index in [0.29, 0.717) is 11.2 Å². The summed E-state index contributed by atoms with van der Waals surface area (Å²) in [4.78, 5) is 39.8. The Hall–Kier alpha value is -4.08. The van der Waals surface area contributed by atoms with E-state index in [2.05, 4.69) is 15.0 Å². The number of benzene rings is 3. The van der Waals surface area contributed by atoms with Crippen molar-refractivity contribution in [3.05, 3.63) is 94.8 Å². The number of anilines is 1. The maximum Gasteiger partial charge on any atom is 0.242 e. The number of ketones is 1. The van der Waals surface area contributed by atoms with Crippen LogP contribution in [0.5, 0.6) is 0 Å². The number of pyridine rings is 1. The summed E-state index contributed by atoms with van der Waals surface area (Å²) in [6.45, 7) is 2.72. The van der Waals surface area contributed by atoms with E-state index in [0.717, 1.165) is 11.1 Å². The number of carbonyl (C=O) groups is 2. The third kappa shape index (κ3) is 5.21. The van der Waals surface area contributed by atoms with Crippen LogP contribution in [-0.4, -0.2) is 31.1 Å². The summed E-state index contributed by atoms with van der Waals surface area (Å²) in [6, 6.07) is 19.5. The molecular formula is C26H23N3O5S. The van der Waals surface area contributed by atoms with Crippen LogP contribution in [0.2, 0.25) is 0 Å². The molecule has 4 aromatic rings. The van der Waals surface area contributed by atoms with Gasteiger partial charge >= 0.3 is 0 Å². The molecule has 9 heteroatoms. The molecule has 1 aromatic heterocycles. The van der Waals surface area contributed by atoms with Gasteiger partial charge in [0.25, 0.3) is 0 Å². The smallest absolute Gasteiger partial charge is 0.242 e. The summed E-state index contributed by atoms with van der Waals surface area (Å²) in [5.41, 5.74) is 2.20. The fraction of sp³-hybridized carbons (Fsp3) is 0.115. The number of rotatable bonds is 7. The molecule has 1 amide bonds. The van der Waals surface area contributed by atoms with Gasteiger partial charge in [0.2, 0.25) is 15.9 Å². The summed E-state index contributed by atoms with van der Waals surface area (Å²) in [7, 11) is -3.96. The van der Waals surface area contributed by atoms with E-state index < -0.39 is 27.4 Å². The first-order valence-corrected chi connectivity index (χ1v) is 12.3. The summed E-state index contributed by atoms with van der Waals surface area (Å²) in [5, 5.41) is 2.85. The van der Waals surface area contributed by atoms with Gasteiger partial charge in [0.1, 0.15) is 0 Å². The van der Waals surface area contributed by atoms with Crippen molar-refractivity contribution in [3.8, 4) is 11.1 Å². The van der Waals surface area contributed by atoms with Gasteiger partial charge in [0.15, 0.2) is 11.2 Å². The number of hydrogen-bond donors (Lipinski definition) is 3. The Balaban J connectivity index is 1.49. The van der Waals surface area contributed by atoms with E-state index in [1.807, 2.05) is 30.3 Å². The zero-order chi connectivity index (χ0) is 25.2. The second-order valence-corrected chi connectivity index (χ2v) is 9.78. The Morgan fingerprint density at radius 2 is 1.57 bits per heavy atom. The molecule has 3 aromatic carbocycles. The van der Waals surface area contributed by atoms with Crippen LogP contribution in [0.3, 0.4) is 0 Å². The third-order valence-corrected chi connectivity index (χ3v) is 7.08. The molecule has 0 saturated carbocycles. The lowest BCUT2D eigenvalue weighted by Crippen LogP contribution is -2.41. The highest BCUT2D eigenvalue weighted by atomic mass is 32.2. The minimum atomic E-state index is -3.96. The van der Waals surface area contributed by atoms with Crippen molar-refractivity contribution < 1.29 is 18.0 Å². The number of amides is 1. The Morgan fingerprint density at radius 3 is 2.23 bits per heavy atom. The molecule has 1 atom stereocenters. The van der Waals surface area contributed by atoms with Crippen LogP contribution in [0.15, 0.2) is 88.7 Å². The molecule has 35 heavy (non-hydrogen) atoms. The Bertz CT molecular complexity index is 1580. The number of nitrogens with one attached hydrogen (secondary N) is 3. The third-order valence-electron chi connectivity index (χ3n) is 5.52. The largest absolute Gasteiger partial charge is 0.360 e. The van der Waals surface area contributed by atoms with E-state index in [1.54, 1.807) is 24.3 Å². The number of aromatic amines is 1. The topological polar surface area (TPSA) is 125 Å². The highest BCUT2D eigenvalue weighted by Crippen LogP contribution is 2.21. The fourth-order valence-electron chi connectivity index (χ4n) is 3.62. The number of hydrogen-bond acceptors (Lipinski definition) is 5. The van der Waals surface area contributed by atoms with Crippen LogP contribution in [0.1, 0.15) is 24.2 Å². The van der Waals surface area contributed by atoms with E-state index >= 15 is 0 Å². The number of H-pyrrole nitrogens is 1. The van der Waals surface area contributed by atoms with Gasteiger partial charge in [-0.15, -0.1) is 0 Å². The van der Waals surface area contributed by atoms with Gasteiger partial charge in [-0.3, -0.25) is 14.4 Å². The van der Waals surface area contributed by atoms with Crippen molar-refractivity contribution in [1.82, 2.24) is 9.71 Å². The van der Waals surface area contributed by atoms with Crippen molar-refractivity contribution in [2.45, 2.75) is 24.8 Å². The molecule has 4 rings (SSSR count). The van der Waals surface area contributed by atoms with E-state index in [4.69, 9.17) is 0 Å². The van der Waals surface area contributed by atoms with Crippen LogP contribution in [0.4, 0.5) is 5.69 Å². The molecule has 0 bridgehead atoms. The Kier molecular flexibility index (Phi) is 6.63. The monoisotopic (exact) mass is 489 g/mol. The highest BCUT2D eigenvalue weighted by molar-refractivity contribution is 7.89. The quantitative estimate of drug-likeness (QED) is 0.341. The lowest BCUT2D eigenvalue weighted by atomic mass is 10.1. The summed E-state index contributed by atoms with van der Waals surface area (Å²) in [5.74, 6) is -0.976. The predicted octanol–water partition coefficient (Wildman–Crippen LogP) is 3.70. The molecule has 0 unspecified atom stereocenters. The zero-order valence-corrected chi connectivity index (χ0v) is 19.8. The van der Waals surface area contributed by atoms with Crippen LogP contribution in [0, 0.1) is 0 Å². The molecule has 3 N–H and O–H groups in total. The van der Waals surface area contributed by atoms with E-state index in [1.165, 1.54) is 38.2 Å². The SMILES string of the molecule is CC(=O)c1c[nH]c2ccc(NC(=O)[C@H](C)NS(=O)(=O)c3ccc(-c4ccccc4)cc3)cc2c1=O. The van der Waals surface area contributed by atoms with Gasteiger partial charge in [-0.1, -0.05) is 42.5 Å². The van der Waals surface area contributed by atoms with Gasteiger partial charge in [0, 0.05) is 22.8 Å². The van der Waals surface area contributed by atoms with Crippen molar-refractivity contribution in [2.24, 2.45) is 0 Å². The minimum absolute atomic E-state index is 0.0142. The average molecular weight is 490 g/mol. The number of Topliss-reactive ketones (excluding diaryl/α,β-unsaturated/α-hetero) is 1.